The lowest BCUT2D eigenvalue weighted by atomic mass is 10.2. The fourth-order valence-electron chi connectivity index (χ4n) is 1.05. The summed E-state index contributed by atoms with van der Waals surface area (Å²) >= 11 is 1.50. The van der Waals surface area contributed by atoms with Gasteiger partial charge in [0.1, 0.15) is 0 Å². The second-order valence-corrected chi connectivity index (χ2v) is 3.52. The van der Waals surface area contributed by atoms with Gasteiger partial charge in [0.25, 0.3) is 0 Å². The molecule has 0 atom stereocenters. The van der Waals surface area contributed by atoms with Gasteiger partial charge in [0, 0.05) is 10.3 Å². The number of halogens is 1. The number of esters is 1. The van der Waals surface area contributed by atoms with E-state index in [-0.39, 0.29) is 18.4 Å². The molecule has 0 aliphatic rings. The zero-order valence-electron chi connectivity index (χ0n) is 8.20. The number of hydrogen-bond donors (Lipinski definition) is 1. The zero-order chi connectivity index (χ0) is 9.84. The van der Waals surface area contributed by atoms with Crippen molar-refractivity contribution in [1.82, 2.24) is 0 Å². The lowest BCUT2D eigenvalue weighted by molar-refractivity contribution is 0.0528. The van der Waals surface area contributed by atoms with Crippen LogP contribution in [0.3, 0.4) is 0 Å². The molecule has 0 aliphatic carbocycles. The fraction of sp³-hybridized carbons (Fsp3) is 0.444. The van der Waals surface area contributed by atoms with Gasteiger partial charge in [0.05, 0.1) is 17.9 Å². The first-order chi connectivity index (χ1) is 6.20. The molecule has 1 aromatic heterocycles. The SMILES string of the molecule is CCOC(=O)c1csc(CC)c1N.Cl. The van der Waals surface area contributed by atoms with Gasteiger partial charge >= 0.3 is 5.97 Å². The van der Waals surface area contributed by atoms with E-state index in [4.69, 9.17) is 10.5 Å². The number of ether oxygens (including phenoxy) is 1. The number of hydrogen-bond acceptors (Lipinski definition) is 4. The molecule has 0 unspecified atom stereocenters. The Hall–Kier alpha value is -0.740. The van der Waals surface area contributed by atoms with Crippen LogP contribution < -0.4 is 5.73 Å². The summed E-state index contributed by atoms with van der Waals surface area (Å²) in [6.45, 7) is 4.17. The Morgan fingerprint density at radius 3 is 2.64 bits per heavy atom. The van der Waals surface area contributed by atoms with Crippen LogP contribution in [0.5, 0.6) is 0 Å². The Bertz CT molecular complexity index is 312. The minimum atomic E-state index is -0.323. The second kappa shape index (κ2) is 5.88. The highest BCUT2D eigenvalue weighted by Crippen LogP contribution is 2.26. The summed E-state index contributed by atoms with van der Waals surface area (Å²) in [7, 11) is 0. The molecule has 0 spiro atoms. The van der Waals surface area contributed by atoms with Gasteiger partial charge in [-0.15, -0.1) is 23.7 Å². The molecule has 14 heavy (non-hydrogen) atoms. The Kier molecular flexibility index (Phi) is 5.57. The van der Waals surface area contributed by atoms with Crippen molar-refractivity contribution in [2.45, 2.75) is 20.3 Å². The van der Waals surface area contributed by atoms with Gasteiger partial charge in [-0.3, -0.25) is 0 Å². The van der Waals surface area contributed by atoms with Gasteiger partial charge in [-0.05, 0) is 13.3 Å². The largest absolute Gasteiger partial charge is 0.462 e. The van der Waals surface area contributed by atoms with E-state index in [0.29, 0.717) is 17.9 Å². The van der Waals surface area contributed by atoms with Crippen LogP contribution >= 0.6 is 23.7 Å². The number of nitrogen functional groups attached to an aromatic ring is 1. The molecule has 1 rings (SSSR count). The maximum Gasteiger partial charge on any atom is 0.341 e. The average molecular weight is 236 g/mol. The summed E-state index contributed by atoms with van der Waals surface area (Å²) in [5.41, 5.74) is 6.83. The molecule has 3 nitrogen and oxygen atoms in total. The van der Waals surface area contributed by atoms with Crippen molar-refractivity contribution in [1.29, 1.82) is 0 Å². The molecule has 0 aromatic carbocycles. The van der Waals surface area contributed by atoms with E-state index in [9.17, 15) is 4.79 Å². The van der Waals surface area contributed by atoms with E-state index in [2.05, 4.69) is 0 Å². The summed E-state index contributed by atoms with van der Waals surface area (Å²) < 4.78 is 4.85. The number of carbonyl (C=O) groups is 1. The predicted molar refractivity (Wildman–Crippen MR) is 61.3 cm³/mol. The number of nitrogens with two attached hydrogens (primary N) is 1. The number of carbonyl (C=O) groups excluding carboxylic acids is 1. The van der Waals surface area contributed by atoms with Crippen molar-refractivity contribution in [2.75, 3.05) is 12.3 Å². The standard InChI is InChI=1S/C9H13NO2S.ClH/c1-3-7-8(10)6(5-13-7)9(11)12-4-2;/h5H,3-4,10H2,1-2H3;1H. The highest BCUT2D eigenvalue weighted by atomic mass is 35.5. The molecule has 0 fully saturated rings. The van der Waals surface area contributed by atoms with E-state index >= 15 is 0 Å². The van der Waals surface area contributed by atoms with Crippen molar-refractivity contribution >= 4 is 35.4 Å². The third-order valence-electron chi connectivity index (χ3n) is 1.73. The Morgan fingerprint density at radius 1 is 1.57 bits per heavy atom. The van der Waals surface area contributed by atoms with Crippen LogP contribution in [0.15, 0.2) is 5.38 Å². The molecule has 0 saturated carbocycles. The fourth-order valence-corrected chi connectivity index (χ4v) is 1.93. The topological polar surface area (TPSA) is 52.3 Å². The van der Waals surface area contributed by atoms with Crippen LogP contribution in [0.4, 0.5) is 5.69 Å². The van der Waals surface area contributed by atoms with Crippen LogP contribution in [-0.2, 0) is 11.2 Å². The number of anilines is 1. The van der Waals surface area contributed by atoms with Gasteiger partial charge in [-0.2, -0.15) is 0 Å². The summed E-state index contributed by atoms with van der Waals surface area (Å²) in [4.78, 5) is 12.3. The summed E-state index contributed by atoms with van der Waals surface area (Å²) in [5.74, 6) is -0.323. The summed E-state index contributed by atoms with van der Waals surface area (Å²) in [6, 6.07) is 0. The van der Waals surface area contributed by atoms with Crippen LogP contribution in [0.2, 0.25) is 0 Å². The van der Waals surface area contributed by atoms with Crippen molar-refractivity contribution in [3.8, 4) is 0 Å². The molecule has 0 radical (unpaired) electrons. The van der Waals surface area contributed by atoms with Gasteiger partial charge in [-0.25, -0.2) is 4.79 Å². The first-order valence-electron chi connectivity index (χ1n) is 4.23. The van der Waals surface area contributed by atoms with Crippen LogP contribution in [-0.4, -0.2) is 12.6 Å². The maximum absolute atomic E-state index is 11.3. The molecule has 1 aromatic rings. The molecule has 2 N–H and O–H groups in total. The van der Waals surface area contributed by atoms with Crippen molar-refractivity contribution in [3.63, 3.8) is 0 Å². The van der Waals surface area contributed by atoms with E-state index in [1.807, 2.05) is 6.92 Å². The highest BCUT2D eigenvalue weighted by Gasteiger charge is 2.14. The normalized spacial score (nSPS) is 9.29. The molecule has 0 aliphatic heterocycles. The number of rotatable bonds is 3. The number of aryl methyl sites for hydroxylation is 1. The minimum Gasteiger partial charge on any atom is -0.462 e. The quantitative estimate of drug-likeness (QED) is 0.819. The first kappa shape index (κ1) is 13.3. The third-order valence-corrected chi connectivity index (χ3v) is 2.87. The Morgan fingerprint density at radius 2 is 2.21 bits per heavy atom. The maximum atomic E-state index is 11.3. The highest BCUT2D eigenvalue weighted by molar-refractivity contribution is 7.10. The molecule has 1 heterocycles. The van der Waals surface area contributed by atoms with Crippen molar-refractivity contribution < 1.29 is 9.53 Å². The van der Waals surface area contributed by atoms with E-state index in [1.165, 1.54) is 11.3 Å². The van der Waals surface area contributed by atoms with E-state index in [1.54, 1.807) is 12.3 Å². The van der Waals surface area contributed by atoms with Gasteiger partial charge in [0.2, 0.25) is 0 Å². The molecule has 80 valence electrons. The zero-order valence-corrected chi connectivity index (χ0v) is 9.83. The summed E-state index contributed by atoms with van der Waals surface area (Å²) in [5, 5.41) is 1.76. The van der Waals surface area contributed by atoms with Gasteiger partial charge in [-0.1, -0.05) is 6.92 Å². The lowest BCUT2D eigenvalue weighted by Crippen LogP contribution is -2.06. The van der Waals surface area contributed by atoms with E-state index < -0.39 is 0 Å². The second-order valence-electron chi connectivity index (χ2n) is 2.56. The summed E-state index contributed by atoms with van der Waals surface area (Å²) in [6.07, 6.45) is 0.857. The van der Waals surface area contributed by atoms with Crippen LogP contribution in [0.1, 0.15) is 29.1 Å². The Balaban J connectivity index is 0.00000169. The smallest absolute Gasteiger partial charge is 0.341 e. The molecule has 0 saturated heterocycles. The van der Waals surface area contributed by atoms with Crippen molar-refractivity contribution in [3.05, 3.63) is 15.8 Å². The molecular formula is C9H14ClNO2S. The number of thiophene rings is 1. The average Bonchev–Trinajstić information content (AvgIpc) is 2.47. The predicted octanol–water partition coefficient (Wildman–Crippen LogP) is 2.49. The minimum absolute atomic E-state index is 0. The van der Waals surface area contributed by atoms with Crippen LogP contribution in [0.25, 0.3) is 0 Å². The van der Waals surface area contributed by atoms with Crippen LogP contribution in [0, 0.1) is 0 Å². The van der Waals surface area contributed by atoms with E-state index in [0.717, 1.165) is 11.3 Å². The molecule has 5 heteroatoms. The monoisotopic (exact) mass is 235 g/mol. The van der Waals surface area contributed by atoms with Gasteiger partial charge < -0.3 is 10.5 Å². The van der Waals surface area contributed by atoms with Crippen molar-refractivity contribution in [2.24, 2.45) is 0 Å². The first-order valence-corrected chi connectivity index (χ1v) is 5.11. The molecule has 0 amide bonds. The molecular weight excluding hydrogens is 222 g/mol. The Labute approximate surface area is 93.7 Å². The third kappa shape index (κ3) is 2.62. The lowest BCUT2D eigenvalue weighted by Gasteiger charge is -2.00. The molecule has 0 bridgehead atoms. The van der Waals surface area contributed by atoms with Gasteiger partial charge in [0.15, 0.2) is 0 Å².